The van der Waals surface area contributed by atoms with Gasteiger partial charge in [0.15, 0.2) is 17.3 Å². The lowest BCUT2D eigenvalue weighted by atomic mass is 10.1. The highest BCUT2D eigenvalue weighted by molar-refractivity contribution is 8.03. The average Bonchev–Trinajstić information content (AvgIpc) is 3.38. The predicted molar refractivity (Wildman–Crippen MR) is 133 cm³/mol. The number of ether oxygens (including phenoxy) is 5. The Labute approximate surface area is 203 Å². The summed E-state index contributed by atoms with van der Waals surface area (Å²) in [5.74, 6) is 9.39. The van der Waals surface area contributed by atoms with Crippen LogP contribution in [0, 0.1) is 0 Å². The lowest BCUT2D eigenvalue weighted by molar-refractivity contribution is 0.138. The number of hydrogen-bond donors (Lipinski definition) is 1. The Bertz CT molecular complexity index is 1110. The van der Waals surface area contributed by atoms with E-state index in [1.807, 2.05) is 18.2 Å². The first kappa shape index (κ1) is 23.8. The van der Waals surface area contributed by atoms with E-state index in [0.717, 1.165) is 17.7 Å². The summed E-state index contributed by atoms with van der Waals surface area (Å²) in [6.07, 6.45) is 0.843. The fourth-order valence-electron chi connectivity index (χ4n) is 3.69. The Hall–Kier alpha value is -3.37. The molecule has 180 valence electrons. The Morgan fingerprint density at radius 3 is 2.59 bits per heavy atom. The van der Waals surface area contributed by atoms with Crippen molar-refractivity contribution in [3.05, 3.63) is 59.1 Å². The number of nitrogens with zero attached hydrogens (tertiary/aromatic N) is 3. The summed E-state index contributed by atoms with van der Waals surface area (Å²) in [7, 11) is 4.80. The molecule has 34 heavy (non-hydrogen) atoms. The van der Waals surface area contributed by atoms with E-state index in [4.69, 9.17) is 34.6 Å². The van der Waals surface area contributed by atoms with Crippen LogP contribution in [-0.2, 0) is 4.74 Å². The molecule has 1 fully saturated rings. The third-order valence-corrected chi connectivity index (χ3v) is 6.41. The van der Waals surface area contributed by atoms with Gasteiger partial charge in [0.25, 0.3) is 0 Å². The lowest BCUT2D eigenvalue weighted by Crippen LogP contribution is -2.31. The zero-order valence-corrected chi connectivity index (χ0v) is 20.3. The Kier molecular flexibility index (Phi) is 7.49. The van der Waals surface area contributed by atoms with Crippen molar-refractivity contribution in [2.24, 2.45) is 16.0 Å². The molecule has 2 aliphatic rings. The van der Waals surface area contributed by atoms with Crippen LogP contribution in [0.4, 0.5) is 0 Å². The van der Waals surface area contributed by atoms with Gasteiger partial charge in [-0.15, -0.1) is 11.8 Å². The molecule has 0 aliphatic carbocycles. The average molecular weight is 485 g/mol. The molecule has 2 aromatic carbocycles. The van der Waals surface area contributed by atoms with E-state index < -0.39 is 0 Å². The first-order chi connectivity index (χ1) is 16.6. The van der Waals surface area contributed by atoms with Crippen LogP contribution >= 0.6 is 11.8 Å². The van der Waals surface area contributed by atoms with Gasteiger partial charge < -0.3 is 29.5 Å². The maximum Gasteiger partial charge on any atom is 0.184 e. The summed E-state index contributed by atoms with van der Waals surface area (Å²) in [6.45, 7) is 5.41. The van der Waals surface area contributed by atoms with Gasteiger partial charge in [-0.05, 0) is 36.4 Å². The van der Waals surface area contributed by atoms with E-state index in [1.54, 1.807) is 44.5 Å². The maximum atomic E-state index is 6.15. The minimum Gasteiger partial charge on any atom is -0.497 e. The summed E-state index contributed by atoms with van der Waals surface area (Å²) >= 11 is 1.54. The largest absolute Gasteiger partial charge is 0.497 e. The van der Waals surface area contributed by atoms with Crippen LogP contribution < -0.4 is 24.8 Å². The van der Waals surface area contributed by atoms with Crippen molar-refractivity contribution in [1.82, 2.24) is 5.01 Å². The van der Waals surface area contributed by atoms with Gasteiger partial charge in [0.05, 0.1) is 50.8 Å². The number of hydrogen-bond acceptors (Lipinski definition) is 9. The van der Waals surface area contributed by atoms with Crippen LogP contribution in [0.5, 0.6) is 23.0 Å². The molecule has 0 spiro atoms. The first-order valence-electron chi connectivity index (χ1n) is 10.7. The number of methoxy groups -OCH3 is 3. The molecule has 1 saturated heterocycles. The van der Waals surface area contributed by atoms with Crippen molar-refractivity contribution < 1.29 is 23.7 Å². The van der Waals surface area contributed by atoms with Gasteiger partial charge in [0, 0.05) is 17.7 Å². The molecule has 0 bridgehead atoms. The second-order valence-corrected chi connectivity index (χ2v) is 8.58. The number of rotatable bonds is 7. The molecular formula is C24H28N4O5S. The molecule has 0 amide bonds. The zero-order chi connectivity index (χ0) is 24.1. The van der Waals surface area contributed by atoms with Gasteiger partial charge >= 0.3 is 0 Å². The van der Waals surface area contributed by atoms with Crippen LogP contribution in [0.3, 0.4) is 0 Å². The summed E-state index contributed by atoms with van der Waals surface area (Å²) in [4.78, 5) is 0. The SMILES string of the molecule is C=C1SCC(c2ccc(OC)c(OC3CCOC3)c2)=NN1/C(=N\N)c1cc(OC)ccc1OC. The molecule has 2 aromatic rings. The molecule has 4 rings (SSSR count). The Morgan fingerprint density at radius 1 is 1.12 bits per heavy atom. The number of benzene rings is 2. The Balaban J connectivity index is 1.69. The minimum absolute atomic E-state index is 0.000372. The van der Waals surface area contributed by atoms with Crippen molar-refractivity contribution in [3.63, 3.8) is 0 Å². The third-order valence-electron chi connectivity index (χ3n) is 5.48. The van der Waals surface area contributed by atoms with E-state index in [0.29, 0.717) is 58.4 Å². The van der Waals surface area contributed by atoms with Gasteiger partial charge in [-0.2, -0.15) is 10.2 Å². The predicted octanol–water partition coefficient (Wildman–Crippen LogP) is 3.42. The van der Waals surface area contributed by atoms with E-state index in [1.165, 1.54) is 11.8 Å². The van der Waals surface area contributed by atoms with E-state index in [-0.39, 0.29) is 6.10 Å². The van der Waals surface area contributed by atoms with Crippen LogP contribution in [0.2, 0.25) is 0 Å². The highest BCUT2D eigenvalue weighted by Gasteiger charge is 2.27. The van der Waals surface area contributed by atoms with Crippen molar-refractivity contribution in [1.29, 1.82) is 0 Å². The molecule has 10 heteroatoms. The first-order valence-corrected chi connectivity index (χ1v) is 11.7. The van der Waals surface area contributed by atoms with Crippen LogP contribution in [0.25, 0.3) is 0 Å². The van der Waals surface area contributed by atoms with Crippen molar-refractivity contribution in [2.45, 2.75) is 12.5 Å². The van der Waals surface area contributed by atoms with Gasteiger partial charge in [0.1, 0.15) is 17.6 Å². The smallest absolute Gasteiger partial charge is 0.184 e. The van der Waals surface area contributed by atoms with Crippen molar-refractivity contribution in [2.75, 3.05) is 40.3 Å². The summed E-state index contributed by atoms with van der Waals surface area (Å²) < 4.78 is 28.0. The molecule has 1 unspecified atom stereocenters. The van der Waals surface area contributed by atoms with Crippen molar-refractivity contribution in [3.8, 4) is 23.0 Å². The number of nitrogens with two attached hydrogens (primary N) is 1. The monoisotopic (exact) mass is 484 g/mol. The highest BCUT2D eigenvalue weighted by atomic mass is 32.2. The van der Waals surface area contributed by atoms with E-state index >= 15 is 0 Å². The van der Waals surface area contributed by atoms with Gasteiger partial charge in [0.2, 0.25) is 0 Å². The molecule has 2 heterocycles. The third kappa shape index (κ3) is 4.92. The molecule has 2 N–H and O–H groups in total. The lowest BCUT2D eigenvalue weighted by Gasteiger charge is -2.28. The maximum absolute atomic E-state index is 6.15. The van der Waals surface area contributed by atoms with Crippen LogP contribution in [-0.4, -0.2) is 63.0 Å². The number of hydrazone groups is 2. The zero-order valence-electron chi connectivity index (χ0n) is 19.4. The number of amidine groups is 1. The fourth-order valence-corrected chi connectivity index (χ4v) is 4.46. The van der Waals surface area contributed by atoms with Crippen molar-refractivity contribution >= 4 is 23.3 Å². The molecular weight excluding hydrogens is 456 g/mol. The Morgan fingerprint density at radius 2 is 1.91 bits per heavy atom. The fraction of sp³-hybridized carbons (Fsp3) is 0.333. The normalized spacial score (nSPS) is 18.5. The van der Waals surface area contributed by atoms with Gasteiger partial charge in [-0.25, -0.2) is 5.01 Å². The van der Waals surface area contributed by atoms with E-state index in [9.17, 15) is 0 Å². The standard InChI is InChI=1S/C24H28N4O5S/c1-15-28(24(26-25)19-12-17(29-2)6-8-21(19)30-3)27-20(14-34-15)16-5-7-22(31-4)23(11-16)33-18-9-10-32-13-18/h5-8,11-12,18H,1,9-10,13-14,25H2,2-4H3/b26-24-. The number of thioether (sulfide) groups is 1. The molecule has 1 atom stereocenters. The highest BCUT2D eigenvalue weighted by Crippen LogP contribution is 2.35. The quantitative estimate of drug-likeness (QED) is 0.276. The molecule has 0 saturated carbocycles. The summed E-state index contributed by atoms with van der Waals surface area (Å²) in [5, 5.41) is 11.2. The van der Waals surface area contributed by atoms with E-state index in [2.05, 4.69) is 11.7 Å². The topological polar surface area (TPSA) is 100 Å². The van der Waals surface area contributed by atoms with Gasteiger partial charge in [-0.3, -0.25) is 0 Å². The molecule has 0 radical (unpaired) electrons. The second kappa shape index (κ2) is 10.7. The summed E-state index contributed by atoms with van der Waals surface area (Å²) in [5.41, 5.74) is 2.35. The second-order valence-electron chi connectivity index (χ2n) is 7.53. The van der Waals surface area contributed by atoms with Crippen LogP contribution in [0.15, 0.2) is 58.2 Å². The molecule has 9 nitrogen and oxygen atoms in total. The summed E-state index contributed by atoms with van der Waals surface area (Å²) in [6, 6.07) is 11.2. The molecule has 2 aliphatic heterocycles. The minimum atomic E-state index is -0.000372. The molecule has 0 aromatic heterocycles. The van der Waals surface area contributed by atoms with Crippen LogP contribution in [0.1, 0.15) is 17.5 Å². The van der Waals surface area contributed by atoms with Gasteiger partial charge in [-0.1, -0.05) is 6.58 Å².